The van der Waals surface area contributed by atoms with Gasteiger partial charge in [-0.25, -0.2) is 0 Å². The third kappa shape index (κ3) is 3.14. The summed E-state index contributed by atoms with van der Waals surface area (Å²) in [6.07, 6.45) is 0. The Morgan fingerprint density at radius 1 is 0.870 bits per heavy atom. The number of aliphatic hydroxyl groups excluding tert-OH is 2. The van der Waals surface area contributed by atoms with Crippen LogP contribution in [0.4, 0.5) is 0 Å². The van der Waals surface area contributed by atoms with Crippen molar-refractivity contribution in [1.29, 1.82) is 0 Å². The zero-order valence-corrected chi connectivity index (χ0v) is 15.5. The van der Waals surface area contributed by atoms with Gasteiger partial charge in [0.1, 0.15) is 0 Å². The van der Waals surface area contributed by atoms with Gasteiger partial charge in [0.15, 0.2) is 8.07 Å². The summed E-state index contributed by atoms with van der Waals surface area (Å²) in [5.74, 6) is -0.165. The predicted octanol–water partition coefficient (Wildman–Crippen LogP) is 2.58. The molecule has 0 radical (unpaired) electrons. The molecule has 0 amide bonds. The Balaban J connectivity index is 2.80. The summed E-state index contributed by atoms with van der Waals surface area (Å²) >= 11 is 0. The van der Waals surface area contributed by atoms with Gasteiger partial charge in [0.05, 0.1) is 5.73 Å². The number of hydrogen-bond acceptors (Lipinski definition) is 2. The van der Waals surface area contributed by atoms with Crippen molar-refractivity contribution in [2.45, 2.75) is 38.5 Å². The fraction of sp³-hybridized carbons (Fsp3) is 0.400. The first-order valence-electron chi connectivity index (χ1n) is 8.25. The van der Waals surface area contributed by atoms with Crippen molar-refractivity contribution in [3.63, 3.8) is 0 Å². The van der Waals surface area contributed by atoms with Crippen molar-refractivity contribution >= 4 is 18.4 Å². The van der Waals surface area contributed by atoms with Crippen molar-refractivity contribution in [3.8, 4) is 0 Å². The van der Waals surface area contributed by atoms with Crippen LogP contribution >= 0.6 is 0 Å². The lowest BCUT2D eigenvalue weighted by Gasteiger charge is -2.48. The van der Waals surface area contributed by atoms with Gasteiger partial charge < -0.3 is 10.2 Å². The minimum atomic E-state index is -2.54. The van der Waals surface area contributed by atoms with E-state index in [2.05, 4.69) is 45.0 Å². The van der Waals surface area contributed by atoms with Gasteiger partial charge in [0.2, 0.25) is 0 Å². The molecular weight excluding hydrogens is 300 g/mol. The first kappa shape index (κ1) is 17.9. The zero-order valence-electron chi connectivity index (χ0n) is 14.5. The molecule has 0 saturated carbocycles. The normalized spacial score (nSPS) is 15.2. The molecule has 2 aromatic carbocycles. The quantitative estimate of drug-likeness (QED) is 0.828. The van der Waals surface area contributed by atoms with E-state index >= 15 is 0 Å². The fourth-order valence-electron chi connectivity index (χ4n) is 3.75. The third-order valence-electron chi connectivity index (χ3n) is 4.91. The van der Waals surface area contributed by atoms with Gasteiger partial charge in [0.25, 0.3) is 0 Å². The maximum absolute atomic E-state index is 11.4. The van der Waals surface area contributed by atoms with Crippen LogP contribution in [0.2, 0.25) is 5.04 Å². The van der Waals surface area contributed by atoms with Gasteiger partial charge in [-0.05, 0) is 5.04 Å². The van der Waals surface area contributed by atoms with Gasteiger partial charge in [0, 0.05) is 12.5 Å². The lowest BCUT2D eigenvalue weighted by Crippen LogP contribution is -2.73. The zero-order chi connectivity index (χ0) is 17.1. The van der Waals surface area contributed by atoms with Crippen molar-refractivity contribution in [2.75, 3.05) is 6.61 Å². The van der Waals surface area contributed by atoms with Crippen LogP contribution in [0, 0.1) is 5.92 Å². The molecule has 3 heteroatoms. The lowest BCUT2D eigenvalue weighted by atomic mass is 10.2. The number of aliphatic hydroxyl groups is 2. The largest absolute Gasteiger partial charge is 0.396 e. The highest BCUT2D eigenvalue weighted by Gasteiger charge is 2.54. The Hall–Kier alpha value is -1.42. The first-order chi connectivity index (χ1) is 10.9. The van der Waals surface area contributed by atoms with Crippen molar-refractivity contribution in [2.24, 2.45) is 5.92 Å². The number of rotatable bonds is 5. The van der Waals surface area contributed by atoms with E-state index in [1.807, 2.05) is 43.3 Å². The highest BCUT2D eigenvalue weighted by Crippen LogP contribution is 2.39. The van der Waals surface area contributed by atoms with Gasteiger partial charge in [-0.1, -0.05) is 98.7 Å². The molecule has 0 aliphatic heterocycles. The summed E-state index contributed by atoms with van der Waals surface area (Å²) in [6.45, 7) is 8.57. The summed E-state index contributed by atoms with van der Waals surface area (Å²) < 4.78 is 0. The molecule has 0 heterocycles. The van der Waals surface area contributed by atoms with Crippen LogP contribution in [0.25, 0.3) is 0 Å². The number of benzene rings is 2. The van der Waals surface area contributed by atoms with Crippen molar-refractivity contribution in [3.05, 3.63) is 60.7 Å². The van der Waals surface area contributed by atoms with Crippen LogP contribution in [-0.2, 0) is 0 Å². The predicted molar refractivity (Wildman–Crippen MR) is 99.9 cm³/mol. The van der Waals surface area contributed by atoms with Gasteiger partial charge in [-0.3, -0.25) is 0 Å². The third-order valence-corrected chi connectivity index (χ3v) is 11.2. The molecule has 2 N–H and O–H groups in total. The maximum atomic E-state index is 11.4. The molecule has 2 rings (SSSR count). The van der Waals surface area contributed by atoms with E-state index < -0.39 is 13.8 Å². The summed E-state index contributed by atoms with van der Waals surface area (Å²) in [6, 6.07) is 20.7. The molecule has 124 valence electrons. The Morgan fingerprint density at radius 2 is 1.26 bits per heavy atom. The molecule has 0 fully saturated rings. The summed E-state index contributed by atoms with van der Waals surface area (Å²) in [7, 11) is -2.54. The molecule has 23 heavy (non-hydrogen) atoms. The van der Waals surface area contributed by atoms with E-state index in [0.29, 0.717) is 0 Å². The standard InChI is InChI=1S/C20H28O2Si/c1-16(15-21)19(22)23(20(2,3)4,17-11-7-5-8-12-17)18-13-9-6-10-14-18/h5-14,16,19,21-22H,15H2,1-4H3. The van der Waals surface area contributed by atoms with E-state index in [-0.39, 0.29) is 17.6 Å². The molecule has 2 unspecified atom stereocenters. The molecule has 0 bridgehead atoms. The van der Waals surface area contributed by atoms with Crippen LogP contribution in [0.1, 0.15) is 27.7 Å². The average molecular weight is 329 g/mol. The lowest BCUT2D eigenvalue weighted by molar-refractivity contribution is 0.124. The minimum Gasteiger partial charge on any atom is -0.396 e. The maximum Gasteiger partial charge on any atom is 0.154 e. The monoisotopic (exact) mass is 328 g/mol. The van der Waals surface area contributed by atoms with Gasteiger partial charge in [-0.2, -0.15) is 0 Å². The molecule has 2 nitrogen and oxygen atoms in total. The van der Waals surface area contributed by atoms with Gasteiger partial charge in [-0.15, -0.1) is 0 Å². The molecule has 0 saturated heterocycles. The van der Waals surface area contributed by atoms with Crippen LogP contribution in [0.3, 0.4) is 0 Å². The Morgan fingerprint density at radius 3 is 1.57 bits per heavy atom. The second-order valence-corrected chi connectivity index (χ2v) is 12.3. The van der Waals surface area contributed by atoms with Crippen molar-refractivity contribution in [1.82, 2.24) is 0 Å². The second-order valence-electron chi connectivity index (χ2n) is 7.39. The van der Waals surface area contributed by atoms with E-state index in [4.69, 9.17) is 0 Å². The molecule has 2 aromatic rings. The smallest absolute Gasteiger partial charge is 0.154 e. The van der Waals surface area contributed by atoms with Crippen LogP contribution in [0.5, 0.6) is 0 Å². The topological polar surface area (TPSA) is 40.5 Å². The molecule has 0 aromatic heterocycles. The minimum absolute atomic E-state index is 0.00827. The van der Waals surface area contributed by atoms with E-state index in [1.54, 1.807) is 0 Å². The van der Waals surface area contributed by atoms with E-state index in [1.165, 1.54) is 10.4 Å². The van der Waals surface area contributed by atoms with Crippen molar-refractivity contribution < 1.29 is 10.2 Å². The van der Waals surface area contributed by atoms with Crippen LogP contribution in [0.15, 0.2) is 60.7 Å². The molecule has 2 atom stereocenters. The Kier molecular flexibility index (Phi) is 5.45. The highest BCUT2D eigenvalue weighted by molar-refractivity contribution is 7.05. The molecule has 0 aliphatic carbocycles. The average Bonchev–Trinajstić information content (AvgIpc) is 2.55. The second kappa shape index (κ2) is 6.99. The summed E-state index contributed by atoms with van der Waals surface area (Å²) in [4.78, 5) is 0. The van der Waals surface area contributed by atoms with Gasteiger partial charge >= 0.3 is 0 Å². The Bertz CT molecular complexity index is 565. The van der Waals surface area contributed by atoms with Crippen LogP contribution < -0.4 is 10.4 Å². The summed E-state index contributed by atoms with van der Waals surface area (Å²) in [5.41, 5.74) is -0.558. The fourth-order valence-corrected chi connectivity index (χ4v) is 9.78. The molecular formula is C20H28O2Si. The molecule has 0 spiro atoms. The van der Waals surface area contributed by atoms with E-state index in [0.717, 1.165) is 0 Å². The van der Waals surface area contributed by atoms with Crippen LogP contribution in [-0.4, -0.2) is 30.6 Å². The summed E-state index contributed by atoms with van der Waals surface area (Å²) in [5, 5.41) is 23.4. The SMILES string of the molecule is CC(CO)C(O)[Si](c1ccccc1)(c1ccccc1)C(C)(C)C. The van der Waals surface area contributed by atoms with E-state index in [9.17, 15) is 10.2 Å². The molecule has 0 aliphatic rings. The Labute approximate surface area is 140 Å². The first-order valence-corrected chi connectivity index (χ1v) is 10.3. The number of hydrogen-bond donors (Lipinski definition) is 2. The highest BCUT2D eigenvalue weighted by atomic mass is 28.3.